The second-order valence-corrected chi connectivity index (χ2v) is 6.75. The molecule has 6 heteroatoms. The summed E-state index contributed by atoms with van der Waals surface area (Å²) in [4.78, 5) is 11.5. The van der Waals surface area contributed by atoms with Gasteiger partial charge in [0.25, 0.3) is 0 Å². The molecule has 0 amide bonds. The smallest absolute Gasteiger partial charge is 0.336 e. The van der Waals surface area contributed by atoms with Crippen molar-refractivity contribution in [2.45, 2.75) is 11.3 Å². The number of hydrogen-bond donors (Lipinski definition) is 1. The second kappa shape index (κ2) is 7.18. The summed E-state index contributed by atoms with van der Waals surface area (Å²) in [6.07, 6.45) is 2.87. The molecule has 0 fully saturated rings. The van der Waals surface area contributed by atoms with Gasteiger partial charge in [-0.05, 0) is 52.6 Å². The van der Waals surface area contributed by atoms with Crippen LogP contribution in [0, 0.1) is 0 Å². The lowest BCUT2D eigenvalue weighted by Crippen LogP contribution is -2.03. The lowest BCUT2D eigenvalue weighted by Gasteiger charge is -2.04. The summed E-state index contributed by atoms with van der Waals surface area (Å²) in [6.45, 7) is 0. The zero-order valence-electron chi connectivity index (χ0n) is 9.31. The molecule has 0 bridgehead atoms. The first-order valence-corrected chi connectivity index (χ1v) is 8.47. The van der Waals surface area contributed by atoms with E-state index in [1.807, 2.05) is 6.26 Å². The molecule has 1 N–H and O–H groups in total. The van der Waals surface area contributed by atoms with E-state index in [2.05, 4.69) is 15.9 Å². The van der Waals surface area contributed by atoms with Crippen LogP contribution in [0.2, 0.25) is 0 Å². The molecule has 1 unspecified atom stereocenters. The summed E-state index contributed by atoms with van der Waals surface area (Å²) in [5.74, 6) is 0.523. The quantitative estimate of drug-likeness (QED) is 0.811. The van der Waals surface area contributed by atoms with Gasteiger partial charge >= 0.3 is 5.97 Å². The number of thioether (sulfide) groups is 1. The molecule has 0 saturated carbocycles. The molecule has 0 spiro atoms. The topological polar surface area (TPSA) is 54.4 Å². The van der Waals surface area contributed by atoms with Gasteiger partial charge in [-0.15, -0.1) is 0 Å². The maximum Gasteiger partial charge on any atom is 0.336 e. The van der Waals surface area contributed by atoms with E-state index < -0.39 is 16.8 Å². The highest BCUT2D eigenvalue weighted by Gasteiger charge is 2.12. The van der Waals surface area contributed by atoms with Gasteiger partial charge in [0, 0.05) is 15.1 Å². The van der Waals surface area contributed by atoms with Crippen LogP contribution in [0.3, 0.4) is 0 Å². The summed E-state index contributed by atoms with van der Waals surface area (Å²) in [7, 11) is -1.12. The molecule has 17 heavy (non-hydrogen) atoms. The summed E-state index contributed by atoms with van der Waals surface area (Å²) in [5.41, 5.74) is 0.153. The Morgan fingerprint density at radius 3 is 2.82 bits per heavy atom. The molecule has 0 aliphatic carbocycles. The van der Waals surface area contributed by atoms with Gasteiger partial charge in [0.05, 0.1) is 16.4 Å². The van der Waals surface area contributed by atoms with Crippen LogP contribution in [0.1, 0.15) is 16.8 Å². The Bertz CT molecular complexity index is 435. The van der Waals surface area contributed by atoms with Gasteiger partial charge in [0.2, 0.25) is 0 Å². The minimum absolute atomic E-state index is 0.153. The molecule has 0 aromatic heterocycles. The SMILES string of the molecule is CSCCCS(=O)c1ccc(Br)c(C(=O)O)c1. The minimum Gasteiger partial charge on any atom is -0.478 e. The molecule has 1 rings (SSSR count). The minimum atomic E-state index is -1.12. The number of halogens is 1. The van der Waals surface area contributed by atoms with Crippen molar-refractivity contribution in [2.75, 3.05) is 17.8 Å². The van der Waals surface area contributed by atoms with Gasteiger partial charge < -0.3 is 5.11 Å². The Hall–Kier alpha value is -0.330. The van der Waals surface area contributed by atoms with Gasteiger partial charge in [-0.2, -0.15) is 11.8 Å². The lowest BCUT2D eigenvalue weighted by atomic mass is 10.2. The zero-order valence-corrected chi connectivity index (χ0v) is 12.5. The van der Waals surface area contributed by atoms with Crippen molar-refractivity contribution < 1.29 is 14.1 Å². The van der Waals surface area contributed by atoms with E-state index in [0.717, 1.165) is 12.2 Å². The number of aromatic carboxylic acids is 1. The van der Waals surface area contributed by atoms with Crippen LogP contribution in [0.25, 0.3) is 0 Å². The Kier molecular flexibility index (Phi) is 6.22. The van der Waals surface area contributed by atoms with Crippen molar-refractivity contribution in [3.8, 4) is 0 Å². The fourth-order valence-corrected chi connectivity index (χ4v) is 3.41. The third kappa shape index (κ3) is 4.44. The van der Waals surface area contributed by atoms with Crippen molar-refractivity contribution in [2.24, 2.45) is 0 Å². The molecule has 3 nitrogen and oxygen atoms in total. The van der Waals surface area contributed by atoms with Gasteiger partial charge in [0.1, 0.15) is 0 Å². The van der Waals surface area contributed by atoms with Gasteiger partial charge in [-0.3, -0.25) is 4.21 Å². The zero-order chi connectivity index (χ0) is 12.8. The molecular weight excluding hydrogens is 324 g/mol. The molecule has 1 aromatic rings. The molecule has 0 radical (unpaired) electrons. The summed E-state index contributed by atoms with van der Waals surface area (Å²) >= 11 is 4.87. The van der Waals surface area contributed by atoms with Crippen LogP contribution in [-0.2, 0) is 10.8 Å². The Labute approximate surface area is 116 Å². The van der Waals surface area contributed by atoms with Crippen LogP contribution < -0.4 is 0 Å². The maximum atomic E-state index is 11.9. The Morgan fingerprint density at radius 1 is 1.53 bits per heavy atom. The molecule has 1 atom stereocenters. The highest BCUT2D eigenvalue weighted by molar-refractivity contribution is 9.10. The highest BCUT2D eigenvalue weighted by Crippen LogP contribution is 2.20. The molecule has 0 saturated heterocycles. The largest absolute Gasteiger partial charge is 0.478 e. The van der Waals surface area contributed by atoms with Crippen LogP contribution >= 0.6 is 27.7 Å². The number of carboxylic acid groups (broad SMARTS) is 1. The van der Waals surface area contributed by atoms with Crippen LogP contribution in [-0.4, -0.2) is 33.0 Å². The summed E-state index contributed by atoms with van der Waals surface area (Å²) in [5, 5.41) is 8.95. The van der Waals surface area contributed by atoms with E-state index in [1.165, 1.54) is 6.07 Å². The highest BCUT2D eigenvalue weighted by atomic mass is 79.9. The first-order chi connectivity index (χ1) is 8.06. The Morgan fingerprint density at radius 2 is 2.24 bits per heavy atom. The predicted molar refractivity (Wildman–Crippen MR) is 75.4 cm³/mol. The van der Waals surface area contributed by atoms with E-state index >= 15 is 0 Å². The first kappa shape index (κ1) is 14.7. The van der Waals surface area contributed by atoms with E-state index in [1.54, 1.807) is 23.9 Å². The monoisotopic (exact) mass is 336 g/mol. The number of rotatable bonds is 6. The average Bonchev–Trinajstić information content (AvgIpc) is 2.29. The molecule has 0 aliphatic heterocycles. The third-order valence-corrected chi connectivity index (χ3v) is 4.94. The lowest BCUT2D eigenvalue weighted by molar-refractivity contribution is 0.0695. The second-order valence-electron chi connectivity index (χ2n) is 3.34. The van der Waals surface area contributed by atoms with Crippen molar-refractivity contribution in [3.63, 3.8) is 0 Å². The van der Waals surface area contributed by atoms with Crippen LogP contribution in [0.5, 0.6) is 0 Å². The van der Waals surface area contributed by atoms with Crippen molar-refractivity contribution in [1.82, 2.24) is 0 Å². The van der Waals surface area contributed by atoms with Crippen LogP contribution in [0.15, 0.2) is 27.6 Å². The fraction of sp³-hybridized carbons (Fsp3) is 0.364. The number of hydrogen-bond acceptors (Lipinski definition) is 3. The first-order valence-electron chi connectivity index (χ1n) is 4.96. The molecular formula is C11H13BrO3S2. The van der Waals surface area contributed by atoms with Crippen molar-refractivity contribution >= 4 is 44.5 Å². The van der Waals surface area contributed by atoms with E-state index in [9.17, 15) is 9.00 Å². The van der Waals surface area contributed by atoms with Gasteiger partial charge in [-0.1, -0.05) is 0 Å². The number of carboxylic acids is 1. The number of benzene rings is 1. The molecule has 94 valence electrons. The van der Waals surface area contributed by atoms with Crippen molar-refractivity contribution in [1.29, 1.82) is 0 Å². The normalized spacial score (nSPS) is 12.4. The average molecular weight is 337 g/mol. The van der Waals surface area contributed by atoms with E-state index in [4.69, 9.17) is 5.11 Å². The standard InChI is InChI=1S/C11H13BrO3S2/c1-16-5-2-6-17(15)8-3-4-10(12)9(7-8)11(13)14/h3-4,7H,2,5-6H2,1H3,(H,13,14). The Balaban J connectivity index is 2.81. The summed E-state index contributed by atoms with van der Waals surface area (Å²) < 4.78 is 12.4. The van der Waals surface area contributed by atoms with Crippen molar-refractivity contribution in [3.05, 3.63) is 28.2 Å². The number of carbonyl (C=O) groups is 1. The predicted octanol–water partition coefficient (Wildman–Crippen LogP) is 3.01. The maximum absolute atomic E-state index is 11.9. The summed E-state index contributed by atoms with van der Waals surface area (Å²) in [6, 6.07) is 4.80. The van der Waals surface area contributed by atoms with Gasteiger partial charge in [-0.25, -0.2) is 4.79 Å². The molecule has 0 aliphatic rings. The fourth-order valence-electron chi connectivity index (χ4n) is 1.26. The molecule has 0 heterocycles. The van der Waals surface area contributed by atoms with Gasteiger partial charge in [0.15, 0.2) is 0 Å². The third-order valence-electron chi connectivity index (χ3n) is 2.11. The molecule has 1 aromatic carbocycles. The van der Waals surface area contributed by atoms with E-state index in [-0.39, 0.29) is 5.56 Å². The van der Waals surface area contributed by atoms with Crippen LogP contribution in [0.4, 0.5) is 0 Å². The van der Waals surface area contributed by atoms with E-state index in [0.29, 0.717) is 15.1 Å².